The van der Waals surface area contributed by atoms with Gasteiger partial charge >= 0.3 is 134 Å². The summed E-state index contributed by atoms with van der Waals surface area (Å²) in [6.07, 6.45) is 19.9. The van der Waals surface area contributed by atoms with Gasteiger partial charge in [-0.25, -0.2) is 0 Å². The summed E-state index contributed by atoms with van der Waals surface area (Å²) in [6, 6.07) is 0. The van der Waals surface area contributed by atoms with Crippen molar-refractivity contribution in [3.8, 4) is 0 Å². The summed E-state index contributed by atoms with van der Waals surface area (Å²) >= 11 is -3.02. The van der Waals surface area contributed by atoms with Gasteiger partial charge in [0.1, 0.15) is 0 Å². The molecule has 21 heavy (non-hydrogen) atoms. The SMILES string of the molecule is CCCC[O][Ti]([O]CCCC)([C]1=CC=CC1)[C]1=CC=CC1. The van der Waals surface area contributed by atoms with Crippen molar-refractivity contribution >= 4 is 0 Å². The summed E-state index contributed by atoms with van der Waals surface area (Å²) in [5.74, 6) is 0. The molecule has 0 radical (unpaired) electrons. The zero-order valence-corrected chi connectivity index (χ0v) is 15.0. The van der Waals surface area contributed by atoms with E-state index in [2.05, 4.69) is 50.3 Å². The van der Waals surface area contributed by atoms with Gasteiger partial charge in [-0.2, -0.15) is 0 Å². The molecule has 2 rings (SSSR count). The van der Waals surface area contributed by atoms with E-state index >= 15 is 0 Å². The first-order chi connectivity index (χ1) is 10.3. The second-order valence-electron chi connectivity index (χ2n) is 5.67. The molecule has 2 aliphatic carbocycles. The number of rotatable bonds is 10. The van der Waals surface area contributed by atoms with Crippen LogP contribution in [0.2, 0.25) is 0 Å². The number of unbranched alkanes of at least 4 members (excludes halogenated alkanes) is 2. The Labute approximate surface area is 133 Å². The van der Waals surface area contributed by atoms with Gasteiger partial charge in [-0.1, -0.05) is 0 Å². The summed E-state index contributed by atoms with van der Waals surface area (Å²) in [6.45, 7) is 6.08. The fraction of sp³-hybridized carbons (Fsp3) is 0.556. The average Bonchev–Trinajstić information content (AvgIpc) is 3.19. The van der Waals surface area contributed by atoms with Crippen molar-refractivity contribution in [2.75, 3.05) is 13.2 Å². The minimum absolute atomic E-state index is 0.831. The van der Waals surface area contributed by atoms with E-state index in [0.29, 0.717) is 0 Å². The monoisotopic (exact) mass is 324 g/mol. The molecule has 0 saturated heterocycles. The van der Waals surface area contributed by atoms with E-state index in [0.717, 1.165) is 38.9 Å². The van der Waals surface area contributed by atoms with E-state index in [9.17, 15) is 0 Å². The number of hydrogen-bond donors (Lipinski definition) is 0. The molecule has 0 aliphatic heterocycles. The van der Waals surface area contributed by atoms with Crippen molar-refractivity contribution in [2.45, 2.75) is 52.4 Å². The Hall–Kier alpha value is -0.406. The molecule has 3 heteroatoms. The molecular weight excluding hydrogens is 296 g/mol. The van der Waals surface area contributed by atoms with Gasteiger partial charge in [-0.15, -0.1) is 0 Å². The van der Waals surface area contributed by atoms with Gasteiger partial charge in [0.05, 0.1) is 0 Å². The van der Waals surface area contributed by atoms with Crippen molar-refractivity contribution in [3.63, 3.8) is 0 Å². The first kappa shape index (κ1) is 17.0. The van der Waals surface area contributed by atoms with Crippen LogP contribution >= 0.6 is 0 Å². The zero-order chi connectivity index (χ0) is 15.0. The molecule has 2 aliphatic rings. The molecule has 0 atom stereocenters. The number of allylic oxidation sites excluding steroid dienone is 8. The normalized spacial score (nSPS) is 17.4. The van der Waals surface area contributed by atoms with Crippen molar-refractivity contribution in [3.05, 3.63) is 44.2 Å². The van der Waals surface area contributed by atoms with Crippen LogP contribution in [0.1, 0.15) is 52.4 Å². The zero-order valence-electron chi connectivity index (χ0n) is 13.4. The Balaban J connectivity index is 2.18. The third kappa shape index (κ3) is 4.29. The predicted molar refractivity (Wildman–Crippen MR) is 85.4 cm³/mol. The van der Waals surface area contributed by atoms with E-state index in [-0.39, 0.29) is 0 Å². The van der Waals surface area contributed by atoms with Crippen molar-refractivity contribution in [1.29, 1.82) is 0 Å². The molecule has 0 saturated carbocycles. The third-order valence-electron chi connectivity index (χ3n) is 3.99. The van der Waals surface area contributed by atoms with Crippen LogP contribution in [-0.2, 0) is 24.0 Å². The molecule has 2 nitrogen and oxygen atoms in total. The molecule has 0 aromatic carbocycles. The van der Waals surface area contributed by atoms with E-state index in [1.165, 1.54) is 20.6 Å². The van der Waals surface area contributed by atoms with E-state index in [4.69, 9.17) is 6.64 Å². The Morgan fingerprint density at radius 1 is 0.857 bits per heavy atom. The second kappa shape index (κ2) is 8.90. The average molecular weight is 324 g/mol. The van der Waals surface area contributed by atoms with Crippen LogP contribution in [0.25, 0.3) is 0 Å². The summed E-state index contributed by atoms with van der Waals surface area (Å²) in [5.41, 5.74) is 0. The molecule has 0 unspecified atom stereocenters. The van der Waals surface area contributed by atoms with Gasteiger partial charge in [-0.05, 0) is 0 Å². The minimum atomic E-state index is -3.02. The summed E-state index contributed by atoms with van der Waals surface area (Å²) in [4.78, 5) is 0. The first-order valence-corrected chi connectivity index (χ1v) is 11.2. The number of hydrogen-bond acceptors (Lipinski definition) is 2. The fourth-order valence-electron chi connectivity index (χ4n) is 2.72. The Bertz CT molecular complexity index is 404. The van der Waals surface area contributed by atoms with E-state index in [1.54, 1.807) is 0 Å². The van der Waals surface area contributed by atoms with Crippen LogP contribution in [0.15, 0.2) is 44.2 Å². The van der Waals surface area contributed by atoms with Crippen LogP contribution in [0.3, 0.4) is 0 Å². The second-order valence-corrected chi connectivity index (χ2v) is 10.5. The molecule has 0 aromatic heterocycles. The van der Waals surface area contributed by atoms with Gasteiger partial charge < -0.3 is 0 Å². The molecule has 0 spiro atoms. The topological polar surface area (TPSA) is 18.5 Å². The molecular formula is C18H28O2Ti. The Morgan fingerprint density at radius 3 is 1.67 bits per heavy atom. The van der Waals surface area contributed by atoms with Crippen LogP contribution in [0.4, 0.5) is 0 Å². The van der Waals surface area contributed by atoms with Gasteiger partial charge in [0, 0.05) is 0 Å². The summed E-state index contributed by atoms with van der Waals surface area (Å²) in [7, 11) is 0. The molecule has 0 heterocycles. The van der Waals surface area contributed by atoms with Crippen LogP contribution in [0, 0.1) is 0 Å². The molecule has 0 aromatic rings. The van der Waals surface area contributed by atoms with Gasteiger partial charge in [0.15, 0.2) is 0 Å². The molecule has 0 N–H and O–H groups in total. The quantitative estimate of drug-likeness (QED) is 0.401. The van der Waals surface area contributed by atoms with E-state index in [1.807, 2.05) is 0 Å². The fourth-order valence-corrected chi connectivity index (χ4v) is 8.20. The first-order valence-electron chi connectivity index (χ1n) is 8.33. The Kier molecular flexibility index (Phi) is 7.18. The Morgan fingerprint density at radius 2 is 1.33 bits per heavy atom. The van der Waals surface area contributed by atoms with Crippen molar-refractivity contribution < 1.29 is 24.0 Å². The molecule has 116 valence electrons. The third-order valence-corrected chi connectivity index (χ3v) is 9.70. The van der Waals surface area contributed by atoms with Gasteiger partial charge in [0.2, 0.25) is 0 Å². The summed E-state index contributed by atoms with van der Waals surface area (Å²) in [5, 5.41) is 0. The summed E-state index contributed by atoms with van der Waals surface area (Å²) < 4.78 is 15.9. The van der Waals surface area contributed by atoms with Crippen molar-refractivity contribution in [1.82, 2.24) is 0 Å². The van der Waals surface area contributed by atoms with Crippen molar-refractivity contribution in [2.24, 2.45) is 0 Å². The van der Waals surface area contributed by atoms with Crippen LogP contribution < -0.4 is 0 Å². The van der Waals surface area contributed by atoms with Crippen LogP contribution in [-0.4, -0.2) is 13.2 Å². The maximum atomic E-state index is 6.53. The molecule has 0 fully saturated rings. The molecule has 0 amide bonds. The van der Waals surface area contributed by atoms with Crippen LogP contribution in [0.5, 0.6) is 0 Å². The van der Waals surface area contributed by atoms with Gasteiger partial charge in [-0.3, -0.25) is 0 Å². The van der Waals surface area contributed by atoms with E-state index < -0.39 is 17.4 Å². The molecule has 0 bridgehead atoms. The van der Waals surface area contributed by atoms with Gasteiger partial charge in [0.25, 0.3) is 0 Å². The standard InChI is InChI=1S/2C5H5.2C4H9O.Ti/c2*1-2-4-5-3-1;2*1-2-3-4-5;/h2*1-3H,4H2;2*2-4H2,1H3;/q;;2*-1;+2. The maximum absolute atomic E-state index is 6.53. The predicted octanol–water partition coefficient (Wildman–Crippen LogP) is 5.29.